The van der Waals surface area contributed by atoms with E-state index in [9.17, 15) is 4.79 Å². The molecule has 0 radical (unpaired) electrons. The number of nitrogens with zero attached hydrogens (tertiary/aromatic N) is 2. The molecule has 1 aromatic heterocycles. The maximum Gasteiger partial charge on any atom is 0.306 e. The number of carboxylic acids is 1. The first kappa shape index (κ1) is 12.8. The molecule has 1 heterocycles. The summed E-state index contributed by atoms with van der Waals surface area (Å²) in [6.45, 7) is 6.27. The fourth-order valence-electron chi connectivity index (χ4n) is 1.96. The number of hydrogen-bond acceptors (Lipinski definition) is 4. The molecule has 2 N–H and O–H groups in total. The minimum absolute atomic E-state index is 0.00357. The van der Waals surface area contributed by atoms with Gasteiger partial charge < -0.3 is 10.4 Å². The largest absolute Gasteiger partial charge is 0.481 e. The van der Waals surface area contributed by atoms with Crippen LogP contribution in [0.2, 0.25) is 0 Å². The molecule has 1 fully saturated rings. The lowest BCUT2D eigenvalue weighted by Crippen LogP contribution is -2.39. The Labute approximate surface area is 107 Å². The van der Waals surface area contributed by atoms with E-state index in [1.165, 1.54) is 0 Å². The average Bonchev–Trinajstić information content (AvgIpc) is 2.21. The summed E-state index contributed by atoms with van der Waals surface area (Å²) in [6.07, 6.45) is 1.33. The van der Waals surface area contributed by atoms with Crippen LogP contribution in [-0.2, 0) is 10.2 Å². The Morgan fingerprint density at radius 3 is 2.44 bits per heavy atom. The highest BCUT2D eigenvalue weighted by atomic mass is 16.4. The third kappa shape index (κ3) is 2.78. The Hall–Kier alpha value is -1.65. The van der Waals surface area contributed by atoms with Gasteiger partial charge in [-0.2, -0.15) is 5.10 Å². The van der Waals surface area contributed by atoms with E-state index in [1.54, 1.807) is 0 Å². The van der Waals surface area contributed by atoms with Crippen molar-refractivity contribution in [1.82, 2.24) is 10.2 Å². The second kappa shape index (κ2) is 4.55. The third-order valence-corrected chi connectivity index (χ3v) is 3.27. The van der Waals surface area contributed by atoms with Gasteiger partial charge in [0.1, 0.15) is 5.82 Å². The Morgan fingerprint density at radius 1 is 1.33 bits per heavy atom. The van der Waals surface area contributed by atoms with Gasteiger partial charge in [0.05, 0.1) is 11.6 Å². The molecule has 0 spiro atoms. The van der Waals surface area contributed by atoms with Gasteiger partial charge in [0.15, 0.2) is 0 Å². The SMILES string of the molecule is CC(C)(C)c1ccc(NC2CC(C(=O)O)C2)nn1. The number of anilines is 1. The second-order valence-electron chi connectivity index (χ2n) is 5.90. The second-order valence-corrected chi connectivity index (χ2v) is 5.90. The zero-order valence-electron chi connectivity index (χ0n) is 11.0. The summed E-state index contributed by atoms with van der Waals surface area (Å²) in [7, 11) is 0. The van der Waals surface area contributed by atoms with Crippen LogP contribution in [0.3, 0.4) is 0 Å². The van der Waals surface area contributed by atoms with Crippen LogP contribution in [0.5, 0.6) is 0 Å². The van der Waals surface area contributed by atoms with Crippen LogP contribution in [0, 0.1) is 5.92 Å². The molecule has 1 aliphatic carbocycles. The molecule has 98 valence electrons. The fraction of sp³-hybridized carbons (Fsp3) is 0.615. The van der Waals surface area contributed by atoms with Crippen LogP contribution in [0.15, 0.2) is 12.1 Å². The summed E-state index contributed by atoms with van der Waals surface area (Å²) >= 11 is 0. The van der Waals surface area contributed by atoms with Crippen LogP contribution >= 0.6 is 0 Å². The molecule has 0 amide bonds. The molecule has 2 rings (SSSR count). The van der Waals surface area contributed by atoms with E-state index in [0.29, 0.717) is 12.8 Å². The Kier molecular flexibility index (Phi) is 3.24. The number of carboxylic acid groups (broad SMARTS) is 1. The van der Waals surface area contributed by atoms with E-state index in [2.05, 4.69) is 36.3 Å². The van der Waals surface area contributed by atoms with Crippen molar-refractivity contribution in [3.8, 4) is 0 Å². The third-order valence-electron chi connectivity index (χ3n) is 3.27. The normalized spacial score (nSPS) is 23.3. The Balaban J connectivity index is 1.90. The standard InChI is InChI=1S/C13H19N3O2/c1-13(2,3)10-4-5-11(16-15-10)14-9-6-8(7-9)12(17)18/h4-5,8-9H,6-7H2,1-3H3,(H,14,16)(H,17,18). The van der Waals surface area contributed by atoms with E-state index in [1.807, 2.05) is 12.1 Å². The number of rotatable bonds is 3. The van der Waals surface area contributed by atoms with Gasteiger partial charge in [-0.1, -0.05) is 20.8 Å². The number of aromatic nitrogens is 2. The van der Waals surface area contributed by atoms with E-state index < -0.39 is 5.97 Å². The minimum atomic E-state index is -0.706. The van der Waals surface area contributed by atoms with Crippen LogP contribution in [0.4, 0.5) is 5.82 Å². The molecule has 0 bridgehead atoms. The number of hydrogen-bond donors (Lipinski definition) is 2. The zero-order chi connectivity index (χ0) is 13.3. The molecule has 5 nitrogen and oxygen atoms in total. The van der Waals surface area contributed by atoms with Crippen LogP contribution < -0.4 is 5.32 Å². The van der Waals surface area contributed by atoms with Crippen molar-refractivity contribution in [3.63, 3.8) is 0 Å². The lowest BCUT2D eigenvalue weighted by molar-refractivity contribution is -0.144. The summed E-state index contributed by atoms with van der Waals surface area (Å²) in [5.41, 5.74) is 0.946. The van der Waals surface area contributed by atoms with Crippen LogP contribution in [-0.4, -0.2) is 27.3 Å². The van der Waals surface area contributed by atoms with E-state index in [-0.39, 0.29) is 17.4 Å². The van der Waals surface area contributed by atoms with Crippen molar-refractivity contribution in [2.45, 2.75) is 45.1 Å². The maximum atomic E-state index is 10.7. The molecule has 5 heteroatoms. The fourth-order valence-corrected chi connectivity index (χ4v) is 1.96. The monoisotopic (exact) mass is 249 g/mol. The lowest BCUT2D eigenvalue weighted by Gasteiger charge is -2.33. The average molecular weight is 249 g/mol. The highest BCUT2D eigenvalue weighted by molar-refractivity contribution is 5.71. The predicted octanol–water partition coefficient (Wildman–Crippen LogP) is 2.05. The first-order chi connectivity index (χ1) is 8.36. The summed E-state index contributed by atoms with van der Waals surface area (Å²) in [4.78, 5) is 10.7. The Bertz CT molecular complexity index is 431. The molecular weight excluding hydrogens is 230 g/mol. The number of carbonyl (C=O) groups is 1. The van der Waals surface area contributed by atoms with Crippen molar-refractivity contribution < 1.29 is 9.90 Å². The van der Waals surface area contributed by atoms with E-state index >= 15 is 0 Å². The van der Waals surface area contributed by atoms with Crippen LogP contribution in [0.1, 0.15) is 39.3 Å². The van der Waals surface area contributed by atoms with E-state index in [0.717, 1.165) is 11.5 Å². The molecule has 1 saturated carbocycles. The molecule has 0 saturated heterocycles. The first-order valence-electron chi connectivity index (χ1n) is 6.20. The smallest absolute Gasteiger partial charge is 0.306 e. The van der Waals surface area contributed by atoms with Gasteiger partial charge in [-0.05, 0) is 25.0 Å². The van der Waals surface area contributed by atoms with Gasteiger partial charge in [0.2, 0.25) is 0 Å². The molecule has 0 unspecified atom stereocenters. The minimum Gasteiger partial charge on any atom is -0.481 e. The molecule has 1 aliphatic rings. The van der Waals surface area contributed by atoms with Crippen molar-refractivity contribution in [1.29, 1.82) is 0 Å². The van der Waals surface area contributed by atoms with E-state index in [4.69, 9.17) is 5.11 Å². The predicted molar refractivity (Wildman–Crippen MR) is 68.5 cm³/mol. The summed E-state index contributed by atoms with van der Waals surface area (Å²) < 4.78 is 0. The number of aliphatic carboxylic acids is 1. The van der Waals surface area contributed by atoms with Crippen molar-refractivity contribution in [2.75, 3.05) is 5.32 Å². The molecule has 0 aromatic carbocycles. The summed E-state index contributed by atoms with van der Waals surface area (Å²) in [5.74, 6) is -0.191. The summed E-state index contributed by atoms with van der Waals surface area (Å²) in [5, 5.41) is 20.3. The van der Waals surface area contributed by atoms with Gasteiger partial charge in [-0.15, -0.1) is 5.10 Å². The molecule has 18 heavy (non-hydrogen) atoms. The van der Waals surface area contributed by atoms with Gasteiger partial charge in [-0.25, -0.2) is 0 Å². The molecule has 1 aromatic rings. The molecule has 0 atom stereocenters. The van der Waals surface area contributed by atoms with Crippen molar-refractivity contribution in [3.05, 3.63) is 17.8 Å². The molecule has 0 aliphatic heterocycles. The quantitative estimate of drug-likeness (QED) is 0.857. The highest BCUT2D eigenvalue weighted by Crippen LogP contribution is 2.30. The van der Waals surface area contributed by atoms with Gasteiger partial charge in [-0.3, -0.25) is 4.79 Å². The van der Waals surface area contributed by atoms with Gasteiger partial charge in [0, 0.05) is 11.5 Å². The van der Waals surface area contributed by atoms with Crippen LogP contribution in [0.25, 0.3) is 0 Å². The van der Waals surface area contributed by atoms with Crippen molar-refractivity contribution in [2.24, 2.45) is 5.92 Å². The highest BCUT2D eigenvalue weighted by Gasteiger charge is 2.34. The topological polar surface area (TPSA) is 75.1 Å². The zero-order valence-corrected chi connectivity index (χ0v) is 11.0. The van der Waals surface area contributed by atoms with Crippen molar-refractivity contribution >= 4 is 11.8 Å². The Morgan fingerprint density at radius 2 is 2.00 bits per heavy atom. The number of nitrogens with one attached hydrogen (secondary N) is 1. The maximum absolute atomic E-state index is 10.7. The lowest BCUT2D eigenvalue weighted by atomic mass is 9.80. The molecular formula is C13H19N3O2. The van der Waals surface area contributed by atoms with Gasteiger partial charge >= 0.3 is 5.97 Å². The van der Waals surface area contributed by atoms with Gasteiger partial charge in [0.25, 0.3) is 0 Å². The summed E-state index contributed by atoms with van der Waals surface area (Å²) in [6, 6.07) is 4.07. The first-order valence-corrected chi connectivity index (χ1v) is 6.20.